The minimum Gasteiger partial charge on any atom is -0.457 e. The van der Waals surface area contributed by atoms with Crippen molar-refractivity contribution < 1.29 is 14.3 Å². The lowest BCUT2D eigenvalue weighted by Gasteiger charge is -2.29. The van der Waals surface area contributed by atoms with Crippen molar-refractivity contribution >= 4 is 40.9 Å². The molecule has 1 aromatic heterocycles. The molecule has 178 valence electrons. The zero-order valence-electron chi connectivity index (χ0n) is 19.6. The van der Waals surface area contributed by atoms with Crippen molar-refractivity contribution in [3.8, 4) is 17.2 Å². The van der Waals surface area contributed by atoms with Crippen LogP contribution < -0.4 is 15.0 Å². The lowest BCUT2D eigenvalue weighted by Crippen LogP contribution is -2.54. The van der Waals surface area contributed by atoms with Crippen LogP contribution in [0.1, 0.15) is 17.0 Å². The first-order chi connectivity index (χ1) is 17.4. The molecule has 36 heavy (non-hydrogen) atoms. The van der Waals surface area contributed by atoms with Crippen molar-refractivity contribution in [2.24, 2.45) is 0 Å². The number of aromatic nitrogens is 2. The molecule has 3 aromatic carbocycles. The quantitative estimate of drug-likeness (QED) is 0.237. The van der Waals surface area contributed by atoms with Crippen molar-refractivity contribution in [3.63, 3.8) is 0 Å². The maximum absolute atomic E-state index is 13.5. The fourth-order valence-electron chi connectivity index (χ4n) is 4.01. The van der Waals surface area contributed by atoms with E-state index < -0.39 is 11.8 Å². The predicted octanol–water partition coefficient (Wildman–Crippen LogP) is 5.11. The van der Waals surface area contributed by atoms with Crippen LogP contribution >= 0.6 is 12.2 Å². The van der Waals surface area contributed by atoms with E-state index in [1.807, 2.05) is 74.5 Å². The van der Waals surface area contributed by atoms with Gasteiger partial charge >= 0.3 is 0 Å². The third-order valence-electron chi connectivity index (χ3n) is 5.81. The zero-order chi connectivity index (χ0) is 25.2. The van der Waals surface area contributed by atoms with E-state index in [4.69, 9.17) is 17.0 Å². The SMILES string of the molecule is Cc1nn(-c2ccccc2)c(C)c1C=C1C(=O)NC(=S)N(c2ccc(Oc3ccccc3)cc2)C1=O. The number of nitrogens with one attached hydrogen (secondary N) is 1. The smallest absolute Gasteiger partial charge is 0.270 e. The predicted molar refractivity (Wildman–Crippen MR) is 142 cm³/mol. The van der Waals surface area contributed by atoms with Gasteiger partial charge in [-0.15, -0.1) is 0 Å². The Morgan fingerprint density at radius 2 is 1.44 bits per heavy atom. The van der Waals surface area contributed by atoms with Crippen molar-refractivity contribution in [2.75, 3.05) is 4.90 Å². The second kappa shape index (κ2) is 9.59. The molecule has 0 spiro atoms. The third-order valence-corrected chi connectivity index (χ3v) is 6.10. The summed E-state index contributed by atoms with van der Waals surface area (Å²) in [6, 6.07) is 26.0. The van der Waals surface area contributed by atoms with Gasteiger partial charge in [-0.1, -0.05) is 36.4 Å². The molecule has 8 heteroatoms. The van der Waals surface area contributed by atoms with Gasteiger partial charge in [-0.05, 0) is 80.7 Å². The average molecular weight is 495 g/mol. The summed E-state index contributed by atoms with van der Waals surface area (Å²) in [7, 11) is 0. The molecule has 0 aliphatic carbocycles. The van der Waals surface area contributed by atoms with Gasteiger partial charge in [-0.2, -0.15) is 5.10 Å². The summed E-state index contributed by atoms with van der Waals surface area (Å²) in [6.45, 7) is 3.75. The first-order valence-corrected chi connectivity index (χ1v) is 11.7. The van der Waals surface area contributed by atoms with Gasteiger partial charge in [-0.25, -0.2) is 4.68 Å². The molecule has 1 N–H and O–H groups in total. The van der Waals surface area contributed by atoms with Crippen LogP contribution in [-0.2, 0) is 9.59 Å². The maximum Gasteiger partial charge on any atom is 0.270 e. The number of hydrogen-bond donors (Lipinski definition) is 1. The highest BCUT2D eigenvalue weighted by atomic mass is 32.1. The molecule has 0 atom stereocenters. The maximum atomic E-state index is 13.5. The number of benzene rings is 3. The summed E-state index contributed by atoms with van der Waals surface area (Å²) in [5.41, 5.74) is 3.61. The van der Waals surface area contributed by atoms with Crippen LogP contribution in [0.5, 0.6) is 11.5 Å². The minimum atomic E-state index is -0.545. The molecule has 1 aliphatic heterocycles. The van der Waals surface area contributed by atoms with E-state index in [0.717, 1.165) is 11.4 Å². The number of anilines is 1. The van der Waals surface area contributed by atoms with Gasteiger partial charge in [-0.3, -0.25) is 19.8 Å². The lowest BCUT2D eigenvalue weighted by molar-refractivity contribution is -0.122. The highest BCUT2D eigenvalue weighted by molar-refractivity contribution is 7.80. The zero-order valence-corrected chi connectivity index (χ0v) is 20.5. The van der Waals surface area contributed by atoms with Crippen LogP contribution in [0.25, 0.3) is 11.8 Å². The number of aryl methyl sites for hydroxylation is 1. The minimum absolute atomic E-state index is 0.0207. The number of carbonyl (C=O) groups excluding carboxylic acids is 2. The second-order valence-corrected chi connectivity index (χ2v) is 8.59. The molecule has 5 rings (SSSR count). The standard InChI is InChI=1S/C28H22N4O3S/c1-18-24(19(2)32(30-18)21-9-5-3-6-10-21)17-25-26(33)29-28(36)31(27(25)34)20-13-15-23(16-14-20)35-22-11-7-4-8-12-22/h3-17H,1-2H3,(H,29,33,36). The molecule has 7 nitrogen and oxygen atoms in total. The average Bonchev–Trinajstić information content (AvgIpc) is 3.16. The van der Waals surface area contributed by atoms with E-state index in [1.165, 1.54) is 4.90 Å². The Kier molecular flexibility index (Phi) is 6.18. The summed E-state index contributed by atoms with van der Waals surface area (Å²) < 4.78 is 7.62. The number of rotatable bonds is 5. The van der Waals surface area contributed by atoms with Crippen molar-refractivity contribution in [1.82, 2.24) is 15.1 Å². The van der Waals surface area contributed by atoms with Crippen LogP contribution in [0.3, 0.4) is 0 Å². The normalized spacial score (nSPS) is 14.8. The molecule has 4 aromatic rings. The molecule has 1 saturated heterocycles. The Balaban J connectivity index is 1.45. The van der Waals surface area contributed by atoms with Crippen LogP contribution in [-0.4, -0.2) is 26.7 Å². The van der Waals surface area contributed by atoms with Crippen LogP contribution in [0.2, 0.25) is 0 Å². The summed E-state index contributed by atoms with van der Waals surface area (Å²) in [4.78, 5) is 27.6. The van der Waals surface area contributed by atoms with E-state index in [0.29, 0.717) is 28.4 Å². The van der Waals surface area contributed by atoms with Gasteiger partial charge in [0.2, 0.25) is 0 Å². The highest BCUT2D eigenvalue weighted by Crippen LogP contribution is 2.28. The van der Waals surface area contributed by atoms with E-state index in [-0.39, 0.29) is 10.7 Å². The largest absolute Gasteiger partial charge is 0.457 e. The van der Waals surface area contributed by atoms with E-state index in [9.17, 15) is 9.59 Å². The van der Waals surface area contributed by atoms with E-state index in [2.05, 4.69) is 10.4 Å². The lowest BCUT2D eigenvalue weighted by atomic mass is 10.1. The molecular weight excluding hydrogens is 472 g/mol. The Hall–Kier alpha value is -4.56. The third kappa shape index (κ3) is 4.42. The van der Waals surface area contributed by atoms with Gasteiger partial charge in [0, 0.05) is 11.3 Å². The van der Waals surface area contributed by atoms with Crippen molar-refractivity contribution in [1.29, 1.82) is 0 Å². The molecule has 1 aliphatic rings. The molecule has 2 amide bonds. The number of thiocarbonyl (C=S) groups is 1. The Bertz CT molecular complexity index is 1490. The number of hydrogen-bond acceptors (Lipinski definition) is 5. The summed E-state index contributed by atoms with van der Waals surface area (Å²) >= 11 is 5.34. The van der Waals surface area contributed by atoms with Gasteiger partial charge < -0.3 is 4.74 Å². The fourth-order valence-corrected chi connectivity index (χ4v) is 4.29. The molecule has 0 radical (unpaired) electrons. The fraction of sp³-hybridized carbons (Fsp3) is 0.0714. The first-order valence-electron chi connectivity index (χ1n) is 11.3. The molecule has 0 unspecified atom stereocenters. The topological polar surface area (TPSA) is 76.5 Å². The molecule has 1 fully saturated rings. The van der Waals surface area contributed by atoms with Crippen LogP contribution in [0, 0.1) is 13.8 Å². The van der Waals surface area contributed by atoms with E-state index in [1.54, 1.807) is 35.0 Å². The Labute approximate surface area is 213 Å². The monoisotopic (exact) mass is 494 g/mol. The van der Waals surface area contributed by atoms with Gasteiger partial charge in [0.25, 0.3) is 11.8 Å². The molecule has 0 saturated carbocycles. The summed E-state index contributed by atoms with van der Waals surface area (Å²) in [5.74, 6) is 0.261. The van der Waals surface area contributed by atoms with Gasteiger partial charge in [0.15, 0.2) is 5.11 Å². The molecule has 2 heterocycles. The number of para-hydroxylation sites is 2. The number of ether oxygens (including phenoxy) is 1. The Morgan fingerprint density at radius 3 is 2.11 bits per heavy atom. The number of nitrogens with zero attached hydrogens (tertiary/aromatic N) is 3. The Morgan fingerprint density at radius 1 is 0.833 bits per heavy atom. The van der Waals surface area contributed by atoms with Gasteiger partial charge in [0.05, 0.1) is 17.1 Å². The summed E-state index contributed by atoms with van der Waals surface area (Å²) in [6.07, 6.45) is 1.58. The van der Waals surface area contributed by atoms with E-state index >= 15 is 0 Å². The van der Waals surface area contributed by atoms with Crippen LogP contribution in [0.4, 0.5) is 5.69 Å². The van der Waals surface area contributed by atoms with Crippen LogP contribution in [0.15, 0.2) is 90.5 Å². The first kappa shape index (κ1) is 23.2. The highest BCUT2D eigenvalue weighted by Gasteiger charge is 2.35. The number of amides is 2. The molecule has 0 bridgehead atoms. The second-order valence-electron chi connectivity index (χ2n) is 8.20. The number of carbonyl (C=O) groups is 2. The van der Waals surface area contributed by atoms with Gasteiger partial charge in [0.1, 0.15) is 17.1 Å². The van der Waals surface area contributed by atoms with Crippen molar-refractivity contribution in [3.05, 3.63) is 107 Å². The van der Waals surface area contributed by atoms with Crippen molar-refractivity contribution in [2.45, 2.75) is 13.8 Å². The molecular formula is C28H22N4O3S. The summed E-state index contributed by atoms with van der Waals surface area (Å²) in [5, 5.41) is 7.26.